The maximum Gasteiger partial charge on any atom is 0.313 e. The van der Waals surface area contributed by atoms with Gasteiger partial charge in [0.25, 0.3) is 0 Å². The molecule has 0 N–H and O–H groups in total. The number of methoxy groups -OCH3 is 2. The molecule has 1 aliphatic heterocycles. The van der Waals surface area contributed by atoms with Gasteiger partial charge in [0, 0.05) is 28.3 Å². The normalized spacial score (nSPS) is 16.1. The fourth-order valence-electron chi connectivity index (χ4n) is 5.46. The van der Waals surface area contributed by atoms with Crippen LogP contribution in [0.15, 0.2) is 48.5 Å². The lowest BCUT2D eigenvalue weighted by Crippen LogP contribution is -2.15. The van der Waals surface area contributed by atoms with Crippen molar-refractivity contribution in [2.24, 2.45) is 5.92 Å². The van der Waals surface area contributed by atoms with E-state index in [0.29, 0.717) is 47.8 Å². The smallest absolute Gasteiger partial charge is 0.313 e. The van der Waals surface area contributed by atoms with Crippen LogP contribution in [0.5, 0.6) is 11.5 Å². The standard InChI is InChI=1S/C31H36ClN5O5/c1-6-41-29(38)18-28-33-35-36(34-28)15-14-26-25-13-11-21(16-19(2)3)37(25)24-12-10-20(32)17-23(24)30(42-26)22-8-7-9-27(39-4)31(22)40-5/h7-13,17,19,26,30H,6,14-16,18H2,1-5H3/t26-,30-/m0/s1. The van der Waals surface area contributed by atoms with Crippen molar-refractivity contribution in [1.29, 1.82) is 0 Å². The Morgan fingerprint density at radius 2 is 1.93 bits per heavy atom. The van der Waals surface area contributed by atoms with E-state index in [0.717, 1.165) is 28.9 Å². The average molecular weight is 594 g/mol. The minimum atomic E-state index is -0.511. The van der Waals surface area contributed by atoms with Gasteiger partial charge in [0.2, 0.25) is 0 Å². The van der Waals surface area contributed by atoms with E-state index >= 15 is 0 Å². The molecule has 11 heteroatoms. The van der Waals surface area contributed by atoms with Crippen molar-refractivity contribution in [2.75, 3.05) is 20.8 Å². The summed E-state index contributed by atoms with van der Waals surface area (Å²) in [5, 5.41) is 13.2. The molecule has 3 heterocycles. The highest BCUT2D eigenvalue weighted by molar-refractivity contribution is 6.30. The van der Waals surface area contributed by atoms with Crippen LogP contribution in [0.4, 0.5) is 0 Å². The number of halogens is 1. The highest BCUT2D eigenvalue weighted by atomic mass is 35.5. The van der Waals surface area contributed by atoms with Crippen molar-refractivity contribution >= 4 is 17.6 Å². The SMILES string of the molecule is CCOC(=O)Cc1nnn(CC[C@@H]2O[C@@H](c3cccc(OC)c3OC)c3cc(Cl)ccc3-n3c(CC(C)C)ccc32)n1. The van der Waals surface area contributed by atoms with Crippen molar-refractivity contribution in [3.05, 3.63) is 81.9 Å². The number of tetrazole rings is 1. The van der Waals surface area contributed by atoms with Crippen LogP contribution in [0.1, 0.15) is 67.7 Å². The van der Waals surface area contributed by atoms with E-state index in [9.17, 15) is 4.79 Å². The predicted octanol–water partition coefficient (Wildman–Crippen LogP) is 5.69. The number of fused-ring (bicyclic) bond motifs is 3. The third kappa shape index (κ3) is 6.15. The van der Waals surface area contributed by atoms with E-state index in [1.54, 1.807) is 21.1 Å². The van der Waals surface area contributed by atoms with Crippen LogP contribution >= 0.6 is 11.6 Å². The zero-order valence-corrected chi connectivity index (χ0v) is 25.3. The van der Waals surface area contributed by atoms with Gasteiger partial charge in [-0.05, 0) is 60.9 Å². The Bertz CT molecular complexity index is 1550. The van der Waals surface area contributed by atoms with Gasteiger partial charge < -0.3 is 23.5 Å². The summed E-state index contributed by atoms with van der Waals surface area (Å²) in [5.41, 5.74) is 4.96. The molecule has 4 aromatic rings. The van der Waals surface area contributed by atoms with Gasteiger partial charge in [-0.15, -0.1) is 10.2 Å². The number of hydrogen-bond acceptors (Lipinski definition) is 8. The van der Waals surface area contributed by atoms with Crippen molar-refractivity contribution < 1.29 is 23.7 Å². The van der Waals surface area contributed by atoms with Crippen LogP contribution in [0, 0.1) is 5.92 Å². The molecule has 10 nitrogen and oxygen atoms in total. The second-order valence-electron chi connectivity index (χ2n) is 10.5. The largest absolute Gasteiger partial charge is 0.493 e. The summed E-state index contributed by atoms with van der Waals surface area (Å²) < 4.78 is 25.8. The van der Waals surface area contributed by atoms with E-state index in [-0.39, 0.29) is 18.5 Å². The molecule has 0 saturated heterocycles. The molecule has 2 aromatic heterocycles. The number of benzene rings is 2. The third-order valence-electron chi connectivity index (χ3n) is 7.16. The maximum absolute atomic E-state index is 11.9. The first-order valence-electron chi connectivity index (χ1n) is 14.1. The Morgan fingerprint density at radius 3 is 2.67 bits per heavy atom. The van der Waals surface area contributed by atoms with Crippen LogP contribution in [0.3, 0.4) is 0 Å². The van der Waals surface area contributed by atoms with Crippen LogP contribution in [-0.4, -0.2) is 51.6 Å². The third-order valence-corrected chi connectivity index (χ3v) is 7.40. The fourth-order valence-corrected chi connectivity index (χ4v) is 5.64. The molecule has 0 radical (unpaired) electrons. The lowest BCUT2D eigenvalue weighted by atomic mass is 9.98. The number of carbonyl (C=O) groups is 1. The summed E-state index contributed by atoms with van der Waals surface area (Å²) in [4.78, 5) is 13.4. The predicted molar refractivity (Wildman–Crippen MR) is 157 cm³/mol. The molecule has 5 rings (SSSR count). The zero-order chi connectivity index (χ0) is 29.8. The molecule has 2 aromatic carbocycles. The number of para-hydroxylation sites is 1. The molecule has 0 unspecified atom stereocenters. The molecular formula is C31H36ClN5O5. The maximum atomic E-state index is 11.9. The first-order valence-corrected chi connectivity index (χ1v) is 14.5. The molecule has 0 saturated carbocycles. The van der Waals surface area contributed by atoms with Gasteiger partial charge in [0.15, 0.2) is 17.3 Å². The van der Waals surface area contributed by atoms with E-state index < -0.39 is 6.10 Å². The Balaban J connectivity index is 1.57. The van der Waals surface area contributed by atoms with Crippen LogP contribution in [0.25, 0.3) is 5.69 Å². The Kier molecular flexibility index (Phi) is 9.13. The number of nitrogens with zero attached hydrogens (tertiary/aromatic N) is 5. The highest BCUT2D eigenvalue weighted by Gasteiger charge is 2.34. The lowest BCUT2D eigenvalue weighted by Gasteiger charge is -2.25. The number of aryl methyl sites for hydroxylation is 1. The number of carbonyl (C=O) groups excluding carboxylic acids is 1. The van der Waals surface area contributed by atoms with Gasteiger partial charge in [-0.3, -0.25) is 4.79 Å². The van der Waals surface area contributed by atoms with Gasteiger partial charge in [-0.2, -0.15) is 4.80 Å². The van der Waals surface area contributed by atoms with Gasteiger partial charge in [0.05, 0.1) is 38.8 Å². The fraction of sp³-hybridized carbons (Fsp3) is 0.419. The van der Waals surface area contributed by atoms with Crippen molar-refractivity contribution in [2.45, 2.75) is 58.8 Å². The molecule has 0 spiro atoms. The highest BCUT2D eigenvalue weighted by Crippen LogP contribution is 2.47. The van der Waals surface area contributed by atoms with Gasteiger partial charge in [-0.25, -0.2) is 0 Å². The minimum Gasteiger partial charge on any atom is -0.493 e. The lowest BCUT2D eigenvalue weighted by molar-refractivity contribution is -0.142. The number of esters is 1. The number of hydrogen-bond donors (Lipinski definition) is 0. The summed E-state index contributed by atoms with van der Waals surface area (Å²) in [7, 11) is 3.25. The molecule has 2 atom stereocenters. The molecule has 222 valence electrons. The molecule has 0 amide bonds. The second kappa shape index (κ2) is 13.0. The van der Waals surface area contributed by atoms with Crippen molar-refractivity contribution in [1.82, 2.24) is 24.8 Å². The monoisotopic (exact) mass is 593 g/mol. The number of rotatable bonds is 11. The van der Waals surface area contributed by atoms with E-state index in [1.165, 1.54) is 10.5 Å². The van der Waals surface area contributed by atoms with E-state index in [2.05, 4.69) is 52.0 Å². The Labute approximate surface area is 250 Å². The minimum absolute atomic E-state index is 0.0248. The number of ether oxygens (including phenoxy) is 4. The number of aromatic nitrogens is 5. The van der Waals surface area contributed by atoms with Crippen LogP contribution in [-0.2, 0) is 33.7 Å². The topological polar surface area (TPSA) is 103 Å². The molecule has 0 aliphatic carbocycles. The summed E-state index contributed by atoms with van der Waals surface area (Å²) in [5.74, 6) is 1.60. The second-order valence-corrected chi connectivity index (χ2v) is 11.0. The summed E-state index contributed by atoms with van der Waals surface area (Å²) in [6.07, 6.45) is 0.554. The molecule has 1 aliphatic rings. The van der Waals surface area contributed by atoms with Gasteiger partial charge in [-0.1, -0.05) is 37.6 Å². The first kappa shape index (κ1) is 29.6. The van der Waals surface area contributed by atoms with Crippen LogP contribution in [0.2, 0.25) is 5.02 Å². The molecular weight excluding hydrogens is 558 g/mol. The average Bonchev–Trinajstić information content (AvgIpc) is 3.56. The van der Waals surface area contributed by atoms with E-state index in [1.807, 2.05) is 30.3 Å². The summed E-state index contributed by atoms with van der Waals surface area (Å²) in [6.45, 7) is 6.91. The van der Waals surface area contributed by atoms with Crippen molar-refractivity contribution in [3.8, 4) is 17.2 Å². The van der Waals surface area contributed by atoms with Gasteiger partial charge in [0.1, 0.15) is 18.6 Å². The Hall–Kier alpha value is -3.89. The summed E-state index contributed by atoms with van der Waals surface area (Å²) >= 11 is 6.60. The molecule has 42 heavy (non-hydrogen) atoms. The Morgan fingerprint density at radius 1 is 1.10 bits per heavy atom. The van der Waals surface area contributed by atoms with Gasteiger partial charge >= 0.3 is 5.97 Å². The quantitative estimate of drug-likeness (QED) is 0.204. The van der Waals surface area contributed by atoms with Crippen LogP contribution < -0.4 is 9.47 Å². The molecule has 0 bridgehead atoms. The van der Waals surface area contributed by atoms with E-state index in [4.69, 9.17) is 30.5 Å². The van der Waals surface area contributed by atoms with Crippen molar-refractivity contribution in [3.63, 3.8) is 0 Å². The first-order chi connectivity index (χ1) is 20.3. The zero-order valence-electron chi connectivity index (χ0n) is 24.5. The summed E-state index contributed by atoms with van der Waals surface area (Å²) in [6, 6.07) is 16.0. The molecule has 0 fully saturated rings.